The second-order valence-electron chi connectivity index (χ2n) is 6.92. The van der Waals surface area contributed by atoms with E-state index >= 15 is 0 Å². The number of phenols is 1. The van der Waals surface area contributed by atoms with Gasteiger partial charge in [-0.2, -0.15) is 0 Å². The Hall–Kier alpha value is -3.65. The molecule has 1 atom stereocenters. The number of benzene rings is 2. The Morgan fingerprint density at radius 1 is 1.19 bits per heavy atom. The predicted molar refractivity (Wildman–Crippen MR) is 117 cm³/mol. The van der Waals surface area contributed by atoms with Crippen LogP contribution in [0.3, 0.4) is 0 Å². The number of phenolic OH excluding ortho intramolecular Hbond substituents is 1. The van der Waals surface area contributed by atoms with Crippen molar-refractivity contribution in [2.45, 2.75) is 13.0 Å². The Balaban J connectivity index is 1.95. The first kappa shape index (κ1) is 20.6. The maximum Gasteiger partial charge on any atom is 0.338 e. The van der Waals surface area contributed by atoms with Gasteiger partial charge in [-0.3, -0.25) is 9.36 Å². The first-order valence-corrected chi connectivity index (χ1v) is 10.3. The van der Waals surface area contributed by atoms with Crippen LogP contribution in [-0.4, -0.2) is 29.9 Å². The summed E-state index contributed by atoms with van der Waals surface area (Å²) in [4.78, 5) is 31.0. The number of hydrogen-bond acceptors (Lipinski definition) is 7. The summed E-state index contributed by atoms with van der Waals surface area (Å²) in [7, 11) is 2.78. The number of ether oxygens (including phenoxy) is 2. The van der Waals surface area contributed by atoms with Crippen molar-refractivity contribution in [1.29, 1.82) is 0 Å². The summed E-state index contributed by atoms with van der Waals surface area (Å²) in [6.45, 7) is 1.74. The molecule has 4 rings (SSSR count). The Morgan fingerprint density at radius 2 is 1.94 bits per heavy atom. The van der Waals surface area contributed by atoms with E-state index in [4.69, 9.17) is 9.47 Å². The van der Waals surface area contributed by atoms with Crippen molar-refractivity contribution in [2.24, 2.45) is 4.99 Å². The van der Waals surface area contributed by atoms with Gasteiger partial charge in [0.05, 0.1) is 36.1 Å². The molecule has 3 aromatic rings. The van der Waals surface area contributed by atoms with Gasteiger partial charge in [0.1, 0.15) is 0 Å². The SMILES string of the molecule is COC(=O)C1=C(C)N=c2s/c(=C\c3ccc(O)c(OC)c3)c(=O)n2C1c1ccccc1. The molecule has 1 unspecified atom stereocenters. The summed E-state index contributed by atoms with van der Waals surface area (Å²) >= 11 is 1.24. The molecule has 0 saturated carbocycles. The third-order valence-corrected chi connectivity index (χ3v) is 6.03. The molecule has 0 spiro atoms. The summed E-state index contributed by atoms with van der Waals surface area (Å²) in [5.74, 6) is -0.191. The number of allylic oxidation sites excluding steroid dienone is 1. The molecule has 0 saturated heterocycles. The third kappa shape index (κ3) is 3.66. The molecular formula is C23H20N2O5S. The zero-order valence-electron chi connectivity index (χ0n) is 17.2. The van der Waals surface area contributed by atoms with Crippen LogP contribution in [0.2, 0.25) is 0 Å². The number of hydrogen-bond donors (Lipinski definition) is 1. The first-order chi connectivity index (χ1) is 14.9. The highest BCUT2D eigenvalue weighted by Gasteiger charge is 2.32. The number of esters is 1. The standard InChI is InChI=1S/C23H20N2O5S/c1-13-19(22(28)30-3)20(15-7-5-4-6-8-15)25-21(27)18(31-23(25)24-13)12-14-9-10-16(26)17(11-14)29-2/h4-12,20,26H,1-3H3/b18-12-. The zero-order chi connectivity index (χ0) is 22.1. The van der Waals surface area contributed by atoms with Crippen LogP contribution in [0.25, 0.3) is 6.08 Å². The highest BCUT2D eigenvalue weighted by Crippen LogP contribution is 2.30. The molecule has 0 fully saturated rings. The molecule has 1 aromatic heterocycles. The van der Waals surface area contributed by atoms with Crippen molar-refractivity contribution in [3.8, 4) is 11.5 Å². The van der Waals surface area contributed by atoms with E-state index in [1.54, 1.807) is 25.1 Å². The van der Waals surface area contributed by atoms with Crippen molar-refractivity contribution in [1.82, 2.24) is 4.57 Å². The van der Waals surface area contributed by atoms with E-state index in [0.717, 1.165) is 5.56 Å². The third-order valence-electron chi connectivity index (χ3n) is 5.04. The van der Waals surface area contributed by atoms with Crippen LogP contribution in [0.15, 0.2) is 69.6 Å². The molecule has 1 aliphatic heterocycles. The molecular weight excluding hydrogens is 416 g/mol. The fraction of sp³-hybridized carbons (Fsp3) is 0.174. The molecule has 0 aliphatic carbocycles. The van der Waals surface area contributed by atoms with Crippen LogP contribution in [0.5, 0.6) is 11.5 Å². The Labute approximate surface area is 181 Å². The topological polar surface area (TPSA) is 90.1 Å². The van der Waals surface area contributed by atoms with E-state index < -0.39 is 12.0 Å². The average Bonchev–Trinajstić information content (AvgIpc) is 3.08. The monoisotopic (exact) mass is 436 g/mol. The largest absolute Gasteiger partial charge is 0.504 e. The maximum absolute atomic E-state index is 13.4. The maximum atomic E-state index is 13.4. The van der Waals surface area contributed by atoms with Gasteiger partial charge in [-0.1, -0.05) is 47.7 Å². The Kier molecular flexibility index (Phi) is 5.48. The molecule has 0 amide bonds. The predicted octanol–water partition coefficient (Wildman–Crippen LogP) is 2.12. The minimum atomic E-state index is -0.638. The van der Waals surface area contributed by atoms with E-state index in [2.05, 4.69) is 4.99 Å². The van der Waals surface area contributed by atoms with Crippen molar-refractivity contribution in [3.05, 3.63) is 90.6 Å². The minimum Gasteiger partial charge on any atom is -0.504 e. The molecule has 31 heavy (non-hydrogen) atoms. The second-order valence-corrected chi connectivity index (χ2v) is 7.92. The van der Waals surface area contributed by atoms with Crippen LogP contribution in [-0.2, 0) is 9.53 Å². The van der Waals surface area contributed by atoms with E-state index in [0.29, 0.717) is 31.9 Å². The van der Waals surface area contributed by atoms with Crippen molar-refractivity contribution in [2.75, 3.05) is 14.2 Å². The lowest BCUT2D eigenvalue weighted by Crippen LogP contribution is -2.39. The smallest absolute Gasteiger partial charge is 0.338 e. The van der Waals surface area contributed by atoms with E-state index in [9.17, 15) is 14.7 Å². The molecule has 1 N–H and O–H groups in total. The van der Waals surface area contributed by atoms with Gasteiger partial charge in [-0.25, -0.2) is 9.79 Å². The van der Waals surface area contributed by atoms with E-state index in [1.165, 1.54) is 36.2 Å². The number of methoxy groups -OCH3 is 2. The highest BCUT2D eigenvalue weighted by molar-refractivity contribution is 7.07. The van der Waals surface area contributed by atoms with Crippen molar-refractivity contribution in [3.63, 3.8) is 0 Å². The number of thiazole rings is 1. The molecule has 7 nitrogen and oxygen atoms in total. The number of aromatic nitrogens is 1. The lowest BCUT2D eigenvalue weighted by molar-refractivity contribution is -0.136. The summed E-state index contributed by atoms with van der Waals surface area (Å²) in [5.41, 5.74) is 2.06. The summed E-state index contributed by atoms with van der Waals surface area (Å²) in [5, 5.41) is 9.82. The minimum absolute atomic E-state index is 0.0172. The van der Waals surface area contributed by atoms with Gasteiger partial charge in [-0.15, -0.1) is 0 Å². The first-order valence-electron chi connectivity index (χ1n) is 9.47. The van der Waals surface area contributed by atoms with Crippen LogP contribution in [0.1, 0.15) is 24.1 Å². The van der Waals surface area contributed by atoms with Crippen LogP contribution >= 0.6 is 11.3 Å². The molecule has 0 radical (unpaired) electrons. The van der Waals surface area contributed by atoms with Gasteiger partial charge in [0, 0.05) is 0 Å². The summed E-state index contributed by atoms with van der Waals surface area (Å²) < 4.78 is 12.1. The van der Waals surface area contributed by atoms with E-state index in [-0.39, 0.29) is 11.3 Å². The number of carbonyl (C=O) groups is 1. The van der Waals surface area contributed by atoms with Gasteiger partial charge < -0.3 is 14.6 Å². The Bertz CT molecular complexity index is 1370. The molecule has 158 valence electrons. The fourth-order valence-corrected chi connectivity index (χ4v) is 4.63. The average molecular weight is 436 g/mol. The summed E-state index contributed by atoms with van der Waals surface area (Å²) in [6.07, 6.45) is 1.71. The normalized spacial score (nSPS) is 16.0. The quantitative estimate of drug-likeness (QED) is 0.633. The van der Waals surface area contributed by atoms with Crippen LogP contribution < -0.4 is 19.6 Å². The van der Waals surface area contributed by atoms with Gasteiger partial charge in [-0.05, 0) is 36.3 Å². The van der Waals surface area contributed by atoms with E-state index in [1.807, 2.05) is 30.3 Å². The van der Waals surface area contributed by atoms with Crippen LogP contribution in [0, 0.1) is 0 Å². The molecule has 8 heteroatoms. The number of carbonyl (C=O) groups excluding carboxylic acids is 1. The Morgan fingerprint density at radius 3 is 2.61 bits per heavy atom. The van der Waals surface area contributed by atoms with Crippen LogP contribution in [0.4, 0.5) is 0 Å². The number of nitrogens with zero attached hydrogens (tertiary/aromatic N) is 2. The number of fused-ring (bicyclic) bond motifs is 1. The molecule has 2 heterocycles. The summed E-state index contributed by atoms with van der Waals surface area (Å²) in [6, 6.07) is 13.5. The van der Waals surface area contributed by atoms with Crippen molar-refractivity contribution < 1.29 is 19.4 Å². The lowest BCUT2D eigenvalue weighted by atomic mass is 9.96. The second kappa shape index (κ2) is 8.23. The number of rotatable bonds is 4. The molecule has 0 bridgehead atoms. The highest BCUT2D eigenvalue weighted by atomic mass is 32.1. The lowest BCUT2D eigenvalue weighted by Gasteiger charge is -2.24. The zero-order valence-corrected chi connectivity index (χ0v) is 18.0. The molecule has 1 aliphatic rings. The molecule has 2 aromatic carbocycles. The number of aromatic hydroxyl groups is 1. The van der Waals surface area contributed by atoms with Gasteiger partial charge in [0.25, 0.3) is 5.56 Å². The van der Waals surface area contributed by atoms with Gasteiger partial charge >= 0.3 is 5.97 Å². The van der Waals surface area contributed by atoms with Gasteiger partial charge in [0.15, 0.2) is 16.3 Å². The van der Waals surface area contributed by atoms with Crippen molar-refractivity contribution >= 4 is 23.4 Å². The van der Waals surface area contributed by atoms with Gasteiger partial charge in [0.2, 0.25) is 0 Å². The fourth-order valence-electron chi connectivity index (χ4n) is 3.58.